The highest BCUT2D eigenvalue weighted by atomic mass is 16.5. The Morgan fingerprint density at radius 3 is 1.19 bits per heavy atom. The predicted octanol–water partition coefficient (Wildman–Crippen LogP) is 15.0. The highest BCUT2D eigenvalue weighted by Gasteiger charge is 2.18. The summed E-state index contributed by atoms with van der Waals surface area (Å²) >= 11 is 0. The second kappa shape index (κ2) is 47.3. The summed E-state index contributed by atoms with van der Waals surface area (Å²) in [5, 5.41) is 22.9. The number of aliphatic hydroxyl groups is 2. The van der Waals surface area contributed by atoms with Gasteiger partial charge in [-0.3, -0.25) is 9.59 Å². The van der Waals surface area contributed by atoms with E-state index >= 15 is 0 Å². The van der Waals surface area contributed by atoms with Gasteiger partial charge in [-0.25, -0.2) is 0 Å². The minimum Gasteiger partial charge on any atom is -0.466 e. The number of ether oxygens (including phenoxy) is 1. The largest absolute Gasteiger partial charge is 0.466 e. The van der Waals surface area contributed by atoms with Crippen LogP contribution in [0.25, 0.3) is 0 Å². The van der Waals surface area contributed by atoms with Crippen LogP contribution in [0.1, 0.15) is 277 Å². The summed E-state index contributed by atoms with van der Waals surface area (Å²) in [5.74, 6) is -0.0985. The van der Waals surface area contributed by atoms with Gasteiger partial charge in [0, 0.05) is 12.8 Å². The third-order valence-electron chi connectivity index (χ3n) is 11.8. The summed E-state index contributed by atoms with van der Waals surface area (Å²) in [4.78, 5) is 24.4. The van der Waals surface area contributed by atoms with Crippen molar-refractivity contribution in [2.24, 2.45) is 0 Å². The minimum atomic E-state index is -0.854. The quantitative estimate of drug-likeness (QED) is 0.0323. The summed E-state index contributed by atoms with van der Waals surface area (Å²) in [7, 11) is 0. The molecule has 0 aliphatic rings. The van der Waals surface area contributed by atoms with E-state index < -0.39 is 12.1 Å². The van der Waals surface area contributed by atoms with Crippen LogP contribution in [0.2, 0.25) is 0 Å². The molecule has 1 amide bonds. The minimum absolute atomic E-state index is 0.0114. The smallest absolute Gasteiger partial charge is 0.305 e. The van der Waals surface area contributed by atoms with Crippen LogP contribution in [0, 0.1) is 0 Å². The summed E-state index contributed by atoms with van der Waals surface area (Å²) in [6, 6.07) is -0.639. The molecule has 3 N–H and O–H groups in total. The van der Waals surface area contributed by atoms with Gasteiger partial charge < -0.3 is 20.3 Å². The molecule has 0 fully saturated rings. The summed E-state index contributed by atoms with van der Waals surface area (Å²) in [6.07, 6.45) is 53.5. The lowest BCUT2D eigenvalue weighted by molar-refractivity contribution is -0.143. The Hall–Kier alpha value is -1.40. The first-order valence-corrected chi connectivity index (χ1v) is 25.5. The number of aliphatic hydroxyl groups excluding tert-OH is 2. The van der Waals surface area contributed by atoms with Crippen LogP contribution < -0.4 is 5.32 Å². The molecular formula is C51H99NO5. The third-order valence-corrected chi connectivity index (χ3v) is 11.8. The molecule has 0 heterocycles. The van der Waals surface area contributed by atoms with Gasteiger partial charge in [0.05, 0.1) is 25.4 Å². The van der Waals surface area contributed by atoms with Gasteiger partial charge in [0.25, 0.3) is 0 Å². The van der Waals surface area contributed by atoms with Crippen molar-refractivity contribution in [3.8, 4) is 0 Å². The van der Waals surface area contributed by atoms with Crippen molar-refractivity contribution in [3.63, 3.8) is 0 Å². The fraction of sp³-hybridized carbons (Fsp3) is 0.922. The van der Waals surface area contributed by atoms with E-state index in [0.717, 1.165) is 57.8 Å². The van der Waals surface area contributed by atoms with Crippen LogP contribution in [0.4, 0.5) is 0 Å². The van der Waals surface area contributed by atoms with Crippen molar-refractivity contribution < 1.29 is 24.5 Å². The van der Waals surface area contributed by atoms with Gasteiger partial charge in [-0.05, 0) is 32.1 Å². The molecule has 57 heavy (non-hydrogen) atoms. The Kier molecular flexibility index (Phi) is 46.1. The van der Waals surface area contributed by atoms with Gasteiger partial charge in [-0.2, -0.15) is 0 Å². The second-order valence-corrected chi connectivity index (χ2v) is 17.5. The van der Waals surface area contributed by atoms with E-state index in [-0.39, 0.29) is 18.5 Å². The number of nitrogens with one attached hydrogen (secondary N) is 1. The van der Waals surface area contributed by atoms with E-state index in [4.69, 9.17) is 4.74 Å². The zero-order valence-electron chi connectivity index (χ0n) is 38.3. The fourth-order valence-electron chi connectivity index (χ4n) is 7.87. The molecule has 0 aliphatic carbocycles. The van der Waals surface area contributed by atoms with Crippen molar-refractivity contribution in [1.29, 1.82) is 0 Å². The number of carbonyl (C=O) groups is 2. The van der Waals surface area contributed by atoms with E-state index in [9.17, 15) is 19.8 Å². The topological polar surface area (TPSA) is 95.9 Å². The molecule has 338 valence electrons. The maximum atomic E-state index is 12.4. The van der Waals surface area contributed by atoms with Gasteiger partial charge in [-0.1, -0.05) is 244 Å². The molecule has 0 radical (unpaired) electrons. The number of hydrogen-bond donors (Lipinski definition) is 3. The third kappa shape index (κ3) is 44.0. The molecule has 2 unspecified atom stereocenters. The number of carbonyl (C=O) groups excluding carboxylic acids is 2. The predicted molar refractivity (Wildman–Crippen MR) is 246 cm³/mol. The Bertz CT molecular complexity index is 847. The van der Waals surface area contributed by atoms with Crippen molar-refractivity contribution in [3.05, 3.63) is 12.2 Å². The number of unbranched alkanes of at least 4 members (excludes halogenated alkanes) is 36. The Labute approximate surface area is 355 Å². The molecule has 0 aromatic carbocycles. The van der Waals surface area contributed by atoms with Crippen molar-refractivity contribution in [2.75, 3.05) is 13.2 Å². The Balaban J connectivity index is 3.44. The number of esters is 1. The van der Waals surface area contributed by atoms with Crippen molar-refractivity contribution >= 4 is 11.9 Å². The lowest BCUT2D eigenvalue weighted by atomic mass is 10.0. The Morgan fingerprint density at radius 1 is 0.474 bits per heavy atom. The van der Waals surface area contributed by atoms with E-state index in [2.05, 4.69) is 19.2 Å². The first-order chi connectivity index (χ1) is 28.0. The first-order valence-electron chi connectivity index (χ1n) is 25.5. The first kappa shape index (κ1) is 55.6. The zero-order chi connectivity index (χ0) is 41.5. The van der Waals surface area contributed by atoms with Crippen LogP contribution in [0.15, 0.2) is 12.2 Å². The highest BCUT2D eigenvalue weighted by molar-refractivity contribution is 5.76. The van der Waals surface area contributed by atoms with Gasteiger partial charge in [0.2, 0.25) is 5.91 Å². The molecule has 0 saturated heterocycles. The molecule has 2 atom stereocenters. The summed E-state index contributed by atoms with van der Waals surface area (Å²) < 4.78 is 5.47. The summed E-state index contributed by atoms with van der Waals surface area (Å²) in [6.45, 7) is 4.86. The van der Waals surface area contributed by atoms with E-state index in [1.54, 1.807) is 6.08 Å². The zero-order valence-corrected chi connectivity index (χ0v) is 38.3. The average molecular weight is 806 g/mol. The number of rotatable bonds is 47. The standard InChI is InChI=1S/C51H99NO5/c1-3-5-7-9-11-13-15-16-17-18-19-20-21-25-29-33-37-41-45-51(56)57-46-42-38-34-30-26-22-24-28-32-36-40-44-50(55)52-48(47-53)49(54)43-39-35-31-27-23-14-12-10-8-6-4-2/h39,43,48-49,53-54H,3-38,40-42,44-47H2,1-2H3,(H,52,55)/b43-39+. The van der Waals surface area contributed by atoms with Gasteiger partial charge >= 0.3 is 5.97 Å². The monoisotopic (exact) mass is 806 g/mol. The highest BCUT2D eigenvalue weighted by Crippen LogP contribution is 2.16. The van der Waals surface area contributed by atoms with Crippen LogP contribution in [-0.2, 0) is 14.3 Å². The fourth-order valence-corrected chi connectivity index (χ4v) is 7.87. The van der Waals surface area contributed by atoms with E-state index in [1.165, 1.54) is 193 Å². The van der Waals surface area contributed by atoms with Gasteiger partial charge in [0.1, 0.15) is 0 Å². The molecule has 0 aromatic rings. The average Bonchev–Trinajstić information content (AvgIpc) is 3.21. The molecule has 0 aliphatic heterocycles. The van der Waals surface area contributed by atoms with Crippen LogP contribution in [-0.4, -0.2) is 47.4 Å². The maximum absolute atomic E-state index is 12.4. The van der Waals surface area contributed by atoms with Crippen LogP contribution in [0.3, 0.4) is 0 Å². The molecule has 0 bridgehead atoms. The second-order valence-electron chi connectivity index (χ2n) is 17.5. The maximum Gasteiger partial charge on any atom is 0.305 e. The normalized spacial score (nSPS) is 12.7. The number of hydrogen-bond acceptors (Lipinski definition) is 5. The van der Waals surface area contributed by atoms with E-state index in [1.807, 2.05) is 6.08 Å². The SMILES string of the molecule is CCCCCCCCCCC/C=C/C(O)C(CO)NC(=O)CCCCCCCCCCCCCOC(=O)CCCCCCCCCCCCCCCCCCCC. The lowest BCUT2D eigenvalue weighted by Gasteiger charge is -2.20. The van der Waals surface area contributed by atoms with E-state index in [0.29, 0.717) is 19.4 Å². The molecule has 0 saturated carbocycles. The van der Waals surface area contributed by atoms with Crippen molar-refractivity contribution in [2.45, 2.75) is 289 Å². The molecule has 6 nitrogen and oxygen atoms in total. The molecular weight excluding hydrogens is 707 g/mol. The number of allylic oxidation sites excluding steroid dienone is 1. The van der Waals surface area contributed by atoms with Gasteiger partial charge in [-0.15, -0.1) is 0 Å². The molecule has 0 aromatic heterocycles. The van der Waals surface area contributed by atoms with Crippen LogP contribution in [0.5, 0.6) is 0 Å². The van der Waals surface area contributed by atoms with Gasteiger partial charge in [0.15, 0.2) is 0 Å². The molecule has 0 spiro atoms. The Morgan fingerprint density at radius 2 is 0.807 bits per heavy atom. The lowest BCUT2D eigenvalue weighted by Crippen LogP contribution is -2.45. The molecule has 0 rings (SSSR count). The van der Waals surface area contributed by atoms with Crippen molar-refractivity contribution in [1.82, 2.24) is 5.32 Å². The van der Waals surface area contributed by atoms with Crippen LogP contribution >= 0.6 is 0 Å². The summed E-state index contributed by atoms with van der Waals surface area (Å²) in [5.41, 5.74) is 0. The number of amides is 1. The molecule has 6 heteroatoms.